The van der Waals surface area contributed by atoms with Crippen molar-refractivity contribution < 1.29 is 9.47 Å². The van der Waals surface area contributed by atoms with Crippen LogP contribution in [0.3, 0.4) is 0 Å². The molecule has 0 saturated carbocycles. The standard InChI is InChI=1S/C16H17NO2/c1-2-4-14(5-3-1)19-15-8-6-13(7-9-15)16-12-18-11-10-17-16/h1-9,16-17H,10-12H2/t16-/m1/s1. The number of benzene rings is 2. The van der Waals surface area contributed by atoms with Gasteiger partial charge in [-0.15, -0.1) is 0 Å². The Morgan fingerprint density at radius 2 is 1.68 bits per heavy atom. The molecule has 0 aromatic heterocycles. The maximum Gasteiger partial charge on any atom is 0.127 e. The molecule has 0 bridgehead atoms. The van der Waals surface area contributed by atoms with Crippen molar-refractivity contribution in [2.75, 3.05) is 19.8 Å². The van der Waals surface area contributed by atoms with Crippen LogP contribution < -0.4 is 10.1 Å². The molecular weight excluding hydrogens is 238 g/mol. The lowest BCUT2D eigenvalue weighted by Crippen LogP contribution is -2.34. The van der Waals surface area contributed by atoms with Crippen LogP contribution in [0.5, 0.6) is 11.5 Å². The normalized spacial score (nSPS) is 19.1. The van der Waals surface area contributed by atoms with Gasteiger partial charge >= 0.3 is 0 Å². The van der Waals surface area contributed by atoms with Crippen molar-refractivity contribution in [3.8, 4) is 11.5 Å². The lowest BCUT2D eigenvalue weighted by atomic mass is 10.1. The molecule has 1 aliphatic heterocycles. The summed E-state index contributed by atoms with van der Waals surface area (Å²) in [5.41, 5.74) is 1.24. The molecule has 98 valence electrons. The average Bonchev–Trinajstić information content (AvgIpc) is 2.50. The highest BCUT2D eigenvalue weighted by Crippen LogP contribution is 2.23. The molecule has 3 rings (SSSR count). The number of hydrogen-bond donors (Lipinski definition) is 1. The maximum atomic E-state index is 5.77. The van der Waals surface area contributed by atoms with Crippen LogP contribution in [0.2, 0.25) is 0 Å². The van der Waals surface area contributed by atoms with Crippen molar-refractivity contribution in [1.82, 2.24) is 5.32 Å². The highest BCUT2D eigenvalue weighted by Gasteiger charge is 2.14. The maximum absolute atomic E-state index is 5.77. The van der Waals surface area contributed by atoms with Crippen molar-refractivity contribution >= 4 is 0 Å². The Morgan fingerprint density at radius 3 is 2.37 bits per heavy atom. The zero-order valence-electron chi connectivity index (χ0n) is 10.7. The van der Waals surface area contributed by atoms with Gasteiger partial charge in [-0.3, -0.25) is 0 Å². The molecule has 0 spiro atoms. The van der Waals surface area contributed by atoms with Gasteiger partial charge in [-0.1, -0.05) is 30.3 Å². The van der Waals surface area contributed by atoms with Crippen molar-refractivity contribution in [3.05, 3.63) is 60.2 Å². The van der Waals surface area contributed by atoms with Gasteiger partial charge in [-0.2, -0.15) is 0 Å². The molecule has 1 saturated heterocycles. The predicted octanol–water partition coefficient (Wildman–Crippen LogP) is 3.14. The molecule has 0 aliphatic carbocycles. The van der Waals surface area contributed by atoms with E-state index in [4.69, 9.17) is 9.47 Å². The first kappa shape index (κ1) is 12.2. The number of ether oxygens (including phenoxy) is 2. The Bertz CT molecular complexity index is 504. The summed E-state index contributed by atoms with van der Waals surface area (Å²) in [6.45, 7) is 2.44. The minimum absolute atomic E-state index is 0.291. The predicted molar refractivity (Wildman–Crippen MR) is 74.5 cm³/mol. The number of nitrogens with one attached hydrogen (secondary N) is 1. The minimum atomic E-state index is 0.291. The largest absolute Gasteiger partial charge is 0.457 e. The van der Waals surface area contributed by atoms with Gasteiger partial charge in [0.1, 0.15) is 11.5 Å². The van der Waals surface area contributed by atoms with E-state index in [1.807, 2.05) is 42.5 Å². The van der Waals surface area contributed by atoms with Crippen LogP contribution in [0.15, 0.2) is 54.6 Å². The SMILES string of the molecule is c1ccc(Oc2ccc([C@H]3COCCN3)cc2)cc1. The Kier molecular flexibility index (Phi) is 3.77. The fraction of sp³-hybridized carbons (Fsp3) is 0.250. The fourth-order valence-electron chi connectivity index (χ4n) is 2.17. The van der Waals surface area contributed by atoms with E-state index in [2.05, 4.69) is 17.4 Å². The Morgan fingerprint density at radius 1 is 0.947 bits per heavy atom. The van der Waals surface area contributed by atoms with E-state index in [0.29, 0.717) is 6.04 Å². The van der Waals surface area contributed by atoms with Crippen LogP contribution in [0.4, 0.5) is 0 Å². The second-order valence-corrected chi connectivity index (χ2v) is 4.57. The van der Waals surface area contributed by atoms with E-state index in [1.54, 1.807) is 0 Å². The van der Waals surface area contributed by atoms with Gasteiger partial charge in [0.2, 0.25) is 0 Å². The molecular formula is C16H17NO2. The molecule has 1 fully saturated rings. The summed E-state index contributed by atoms with van der Waals surface area (Å²) < 4.78 is 11.2. The molecule has 0 radical (unpaired) electrons. The lowest BCUT2D eigenvalue weighted by molar-refractivity contribution is 0.0769. The summed E-state index contributed by atoms with van der Waals surface area (Å²) >= 11 is 0. The molecule has 19 heavy (non-hydrogen) atoms. The summed E-state index contributed by atoms with van der Waals surface area (Å²) in [6, 6.07) is 18.3. The van der Waals surface area contributed by atoms with Crippen LogP contribution in [0, 0.1) is 0 Å². The van der Waals surface area contributed by atoms with E-state index < -0.39 is 0 Å². The second kappa shape index (κ2) is 5.87. The van der Waals surface area contributed by atoms with E-state index in [1.165, 1.54) is 5.56 Å². The van der Waals surface area contributed by atoms with E-state index >= 15 is 0 Å². The number of morpholine rings is 1. The quantitative estimate of drug-likeness (QED) is 0.914. The highest BCUT2D eigenvalue weighted by molar-refractivity contribution is 5.34. The van der Waals surface area contributed by atoms with Crippen LogP contribution >= 0.6 is 0 Å². The van der Waals surface area contributed by atoms with Crippen LogP contribution in [0.1, 0.15) is 11.6 Å². The molecule has 1 aliphatic rings. The molecule has 2 aromatic carbocycles. The van der Waals surface area contributed by atoms with Crippen LogP contribution in [-0.2, 0) is 4.74 Å². The fourth-order valence-corrected chi connectivity index (χ4v) is 2.17. The van der Waals surface area contributed by atoms with Gasteiger partial charge in [0.15, 0.2) is 0 Å². The Hall–Kier alpha value is -1.84. The molecule has 1 N–H and O–H groups in total. The van der Waals surface area contributed by atoms with E-state index in [-0.39, 0.29) is 0 Å². The third-order valence-corrected chi connectivity index (χ3v) is 3.18. The van der Waals surface area contributed by atoms with Crippen molar-refractivity contribution in [2.45, 2.75) is 6.04 Å². The summed E-state index contributed by atoms with van der Waals surface area (Å²) in [6.07, 6.45) is 0. The van der Waals surface area contributed by atoms with Crippen molar-refractivity contribution in [2.24, 2.45) is 0 Å². The Labute approximate surface area is 113 Å². The van der Waals surface area contributed by atoms with Gasteiger partial charge in [0, 0.05) is 6.54 Å². The van der Waals surface area contributed by atoms with Gasteiger partial charge in [-0.25, -0.2) is 0 Å². The zero-order valence-corrected chi connectivity index (χ0v) is 10.7. The summed E-state index contributed by atoms with van der Waals surface area (Å²) in [5, 5.41) is 3.44. The average molecular weight is 255 g/mol. The van der Waals surface area contributed by atoms with Gasteiger partial charge < -0.3 is 14.8 Å². The number of hydrogen-bond acceptors (Lipinski definition) is 3. The summed E-state index contributed by atoms with van der Waals surface area (Å²) in [7, 11) is 0. The first-order valence-electron chi connectivity index (χ1n) is 6.56. The first-order chi connectivity index (χ1) is 9.42. The van der Waals surface area contributed by atoms with Gasteiger partial charge in [-0.05, 0) is 29.8 Å². The highest BCUT2D eigenvalue weighted by atomic mass is 16.5. The molecule has 3 heteroatoms. The Balaban J connectivity index is 1.68. The van der Waals surface area contributed by atoms with Crippen molar-refractivity contribution in [1.29, 1.82) is 0 Å². The lowest BCUT2D eigenvalue weighted by Gasteiger charge is -2.24. The topological polar surface area (TPSA) is 30.5 Å². The van der Waals surface area contributed by atoms with E-state index in [0.717, 1.165) is 31.3 Å². The molecule has 1 atom stereocenters. The van der Waals surface area contributed by atoms with Crippen LogP contribution in [-0.4, -0.2) is 19.8 Å². The zero-order chi connectivity index (χ0) is 12.9. The third-order valence-electron chi connectivity index (χ3n) is 3.18. The van der Waals surface area contributed by atoms with Gasteiger partial charge in [0.25, 0.3) is 0 Å². The van der Waals surface area contributed by atoms with E-state index in [9.17, 15) is 0 Å². The minimum Gasteiger partial charge on any atom is -0.457 e. The van der Waals surface area contributed by atoms with Gasteiger partial charge in [0.05, 0.1) is 19.3 Å². The molecule has 0 amide bonds. The monoisotopic (exact) mass is 255 g/mol. The smallest absolute Gasteiger partial charge is 0.127 e. The molecule has 3 nitrogen and oxygen atoms in total. The molecule has 0 unspecified atom stereocenters. The summed E-state index contributed by atoms with van der Waals surface area (Å²) in [4.78, 5) is 0. The number of para-hydroxylation sites is 1. The second-order valence-electron chi connectivity index (χ2n) is 4.57. The first-order valence-corrected chi connectivity index (χ1v) is 6.56. The molecule has 2 aromatic rings. The summed E-state index contributed by atoms with van der Waals surface area (Å²) in [5.74, 6) is 1.71. The third kappa shape index (κ3) is 3.13. The number of rotatable bonds is 3. The molecule has 1 heterocycles. The van der Waals surface area contributed by atoms with Crippen molar-refractivity contribution in [3.63, 3.8) is 0 Å². The van der Waals surface area contributed by atoms with Crippen LogP contribution in [0.25, 0.3) is 0 Å².